The molecule has 3 rings (SSSR count). The third kappa shape index (κ3) is 2.30. The highest BCUT2D eigenvalue weighted by atomic mass is 19.3. The Morgan fingerprint density at radius 1 is 1.48 bits per heavy atom. The van der Waals surface area contributed by atoms with Crippen LogP contribution in [0.5, 0.6) is 0 Å². The van der Waals surface area contributed by atoms with Gasteiger partial charge in [-0.25, -0.2) is 18.2 Å². The lowest BCUT2D eigenvalue weighted by Gasteiger charge is -2.41. The molecular weight excluding hydrogens is 315 g/mol. The molecule has 0 bridgehead atoms. The molecule has 1 fully saturated rings. The van der Waals surface area contributed by atoms with Crippen LogP contribution in [-0.4, -0.2) is 23.0 Å². The maximum atomic E-state index is 14.3. The van der Waals surface area contributed by atoms with Crippen LogP contribution in [0.3, 0.4) is 0 Å². The van der Waals surface area contributed by atoms with Gasteiger partial charge in [0.1, 0.15) is 17.5 Å². The van der Waals surface area contributed by atoms with Crippen molar-refractivity contribution in [2.45, 2.75) is 37.3 Å². The van der Waals surface area contributed by atoms with Crippen LogP contribution in [0.15, 0.2) is 23.2 Å². The molecule has 2 N–H and O–H groups in total. The first-order chi connectivity index (χ1) is 10.6. The largest absolute Gasteiger partial charge is 0.461 e. The lowest BCUT2D eigenvalue weighted by molar-refractivity contribution is -0.385. The van der Waals surface area contributed by atoms with Gasteiger partial charge in [0.15, 0.2) is 0 Å². The van der Waals surface area contributed by atoms with E-state index in [-0.39, 0.29) is 18.0 Å². The maximum absolute atomic E-state index is 14.3. The number of nitrogens with two attached hydrogens (primary N) is 1. The molecule has 1 aromatic carbocycles. The second kappa shape index (κ2) is 4.84. The van der Waals surface area contributed by atoms with Gasteiger partial charge in [-0.15, -0.1) is 0 Å². The molecule has 1 heterocycles. The number of non-ortho nitro benzene ring substituents is 1. The molecule has 124 valence electrons. The van der Waals surface area contributed by atoms with Crippen LogP contribution in [-0.2, 0) is 10.3 Å². The number of halogens is 3. The van der Waals surface area contributed by atoms with E-state index in [1.165, 1.54) is 6.92 Å². The number of hydrogen-bond donors (Lipinski definition) is 1. The van der Waals surface area contributed by atoms with E-state index < -0.39 is 46.3 Å². The topological polar surface area (TPSA) is 90.8 Å². The molecule has 1 aliphatic carbocycles. The van der Waals surface area contributed by atoms with Gasteiger partial charge in [0.05, 0.1) is 10.8 Å². The molecule has 0 radical (unpaired) electrons. The number of amidine groups is 1. The quantitative estimate of drug-likeness (QED) is 0.667. The van der Waals surface area contributed by atoms with Gasteiger partial charge < -0.3 is 10.5 Å². The number of aliphatic imine (C=N–C) groups is 1. The Labute approximate surface area is 129 Å². The van der Waals surface area contributed by atoms with E-state index in [0.717, 1.165) is 18.2 Å². The number of fused-ring (bicyclic) bond motifs is 1. The van der Waals surface area contributed by atoms with Crippen LogP contribution in [0, 0.1) is 21.8 Å². The summed E-state index contributed by atoms with van der Waals surface area (Å²) in [6, 6.07) is 2.46. The summed E-state index contributed by atoms with van der Waals surface area (Å²) < 4.78 is 48.1. The highest BCUT2D eigenvalue weighted by molar-refractivity contribution is 5.73. The number of rotatable bonds is 2. The number of nitro benzene ring substituents is 1. The fourth-order valence-corrected chi connectivity index (χ4v) is 3.55. The van der Waals surface area contributed by atoms with E-state index in [4.69, 9.17) is 10.5 Å². The number of hydrogen-bond acceptors (Lipinski definition) is 5. The van der Waals surface area contributed by atoms with E-state index in [9.17, 15) is 23.3 Å². The lowest BCUT2D eigenvalue weighted by atomic mass is 9.75. The maximum Gasteiger partial charge on any atom is 0.283 e. The Morgan fingerprint density at radius 3 is 2.83 bits per heavy atom. The first-order valence-electron chi connectivity index (χ1n) is 6.99. The summed E-state index contributed by atoms with van der Waals surface area (Å²) in [5, 5.41) is 10.9. The molecule has 3 atom stereocenters. The van der Waals surface area contributed by atoms with Crippen molar-refractivity contribution >= 4 is 11.7 Å². The van der Waals surface area contributed by atoms with Gasteiger partial charge in [-0.1, -0.05) is 0 Å². The number of nitro groups is 1. The fourth-order valence-electron chi connectivity index (χ4n) is 3.55. The van der Waals surface area contributed by atoms with Crippen molar-refractivity contribution in [2.75, 3.05) is 0 Å². The molecule has 0 aromatic heterocycles. The summed E-state index contributed by atoms with van der Waals surface area (Å²) >= 11 is 0. The zero-order valence-electron chi connectivity index (χ0n) is 12.1. The normalized spacial score (nSPS) is 31.9. The van der Waals surface area contributed by atoms with E-state index in [1.807, 2.05) is 0 Å². The van der Waals surface area contributed by atoms with E-state index in [1.54, 1.807) is 0 Å². The van der Waals surface area contributed by atoms with Crippen LogP contribution < -0.4 is 5.73 Å². The van der Waals surface area contributed by atoms with Crippen molar-refractivity contribution in [1.82, 2.24) is 0 Å². The summed E-state index contributed by atoms with van der Waals surface area (Å²) in [5.41, 5.74) is 3.13. The Balaban J connectivity index is 2.21. The van der Waals surface area contributed by atoms with Crippen LogP contribution in [0.1, 0.15) is 25.3 Å². The van der Waals surface area contributed by atoms with Gasteiger partial charge in [0.2, 0.25) is 0 Å². The van der Waals surface area contributed by atoms with Gasteiger partial charge in [0, 0.05) is 24.1 Å². The van der Waals surface area contributed by atoms with Gasteiger partial charge in [-0.05, 0) is 19.4 Å². The van der Waals surface area contributed by atoms with Crippen molar-refractivity contribution in [3.8, 4) is 0 Å². The summed E-state index contributed by atoms with van der Waals surface area (Å²) in [6.45, 7) is 1.31. The zero-order valence-corrected chi connectivity index (χ0v) is 12.1. The molecule has 23 heavy (non-hydrogen) atoms. The Bertz CT molecular complexity index is 710. The molecule has 9 heteroatoms. The monoisotopic (exact) mass is 329 g/mol. The minimum absolute atomic E-state index is 0.0556. The van der Waals surface area contributed by atoms with Gasteiger partial charge in [-0.3, -0.25) is 10.1 Å². The molecule has 3 unspecified atom stereocenters. The van der Waals surface area contributed by atoms with Crippen LogP contribution in [0.4, 0.5) is 18.9 Å². The van der Waals surface area contributed by atoms with Crippen molar-refractivity contribution in [2.24, 2.45) is 16.6 Å². The summed E-state index contributed by atoms with van der Waals surface area (Å²) in [6.07, 6.45) is -1.29. The smallest absolute Gasteiger partial charge is 0.283 e. The van der Waals surface area contributed by atoms with E-state index in [2.05, 4.69) is 4.99 Å². The van der Waals surface area contributed by atoms with Gasteiger partial charge in [-0.2, -0.15) is 0 Å². The molecule has 1 saturated carbocycles. The lowest BCUT2D eigenvalue weighted by Crippen LogP contribution is -2.51. The first kappa shape index (κ1) is 15.6. The average molecular weight is 329 g/mol. The standard InChI is InChI=1S/C14H14F3N3O3/c1-13(8-6-7(20(21)22)2-3-9(8)15)11-10(23-12(18)19-13)4-5-14(11,16)17/h2-3,6,10-11H,4-5H2,1H3,(H2,18,19). The molecule has 6 nitrogen and oxygen atoms in total. The van der Waals surface area contributed by atoms with Gasteiger partial charge in [0.25, 0.3) is 17.6 Å². The molecule has 0 amide bonds. The summed E-state index contributed by atoms with van der Waals surface area (Å²) in [7, 11) is 0. The second-order valence-corrected chi connectivity index (χ2v) is 5.95. The number of nitrogens with zero attached hydrogens (tertiary/aromatic N) is 2. The second-order valence-electron chi connectivity index (χ2n) is 5.95. The Kier molecular flexibility index (Phi) is 3.27. The van der Waals surface area contributed by atoms with Crippen molar-refractivity contribution < 1.29 is 22.8 Å². The first-order valence-corrected chi connectivity index (χ1v) is 6.99. The highest BCUT2D eigenvalue weighted by Gasteiger charge is 2.62. The summed E-state index contributed by atoms with van der Waals surface area (Å²) in [5.74, 6) is -5.43. The number of ether oxygens (including phenoxy) is 1. The predicted octanol–water partition coefficient (Wildman–Crippen LogP) is 2.71. The molecule has 0 spiro atoms. The summed E-state index contributed by atoms with van der Waals surface area (Å²) in [4.78, 5) is 14.1. The van der Waals surface area contributed by atoms with Crippen LogP contribution >= 0.6 is 0 Å². The zero-order chi connectivity index (χ0) is 17.0. The molecular formula is C14H14F3N3O3. The molecule has 2 aliphatic rings. The van der Waals surface area contributed by atoms with Gasteiger partial charge >= 0.3 is 0 Å². The van der Waals surface area contributed by atoms with Crippen molar-refractivity contribution in [1.29, 1.82) is 0 Å². The molecule has 1 aliphatic heterocycles. The highest BCUT2D eigenvalue weighted by Crippen LogP contribution is 2.54. The van der Waals surface area contributed by atoms with E-state index in [0.29, 0.717) is 0 Å². The minimum atomic E-state index is -3.14. The van der Waals surface area contributed by atoms with Crippen LogP contribution in [0.2, 0.25) is 0 Å². The Hall–Kier alpha value is -2.32. The Morgan fingerprint density at radius 2 is 2.17 bits per heavy atom. The van der Waals surface area contributed by atoms with E-state index >= 15 is 0 Å². The molecule has 0 saturated heterocycles. The number of alkyl halides is 2. The fraction of sp³-hybridized carbons (Fsp3) is 0.500. The average Bonchev–Trinajstić information content (AvgIpc) is 2.74. The third-order valence-electron chi connectivity index (χ3n) is 4.52. The van der Waals surface area contributed by atoms with Crippen LogP contribution in [0.25, 0.3) is 0 Å². The predicted molar refractivity (Wildman–Crippen MR) is 74.6 cm³/mol. The van der Waals surface area contributed by atoms with Crippen molar-refractivity contribution in [3.63, 3.8) is 0 Å². The SMILES string of the molecule is CC1(c2cc([N+](=O)[O-])ccc2F)N=C(N)OC2CCC(F)(F)C21. The molecule has 1 aromatic rings. The number of benzene rings is 1. The third-order valence-corrected chi connectivity index (χ3v) is 4.52. The minimum Gasteiger partial charge on any atom is -0.461 e. The van der Waals surface area contributed by atoms with Crippen molar-refractivity contribution in [3.05, 3.63) is 39.7 Å².